The number of hydrogen-bond acceptors (Lipinski definition) is 3. The molecule has 0 fully saturated rings. The number of rotatable bonds is 3. The van der Waals surface area contributed by atoms with Crippen molar-refractivity contribution in [2.75, 3.05) is 6.54 Å². The lowest BCUT2D eigenvalue weighted by Gasteiger charge is -2.39. The third-order valence-electron chi connectivity index (χ3n) is 2.98. The number of aromatic nitrogens is 2. The van der Waals surface area contributed by atoms with Crippen LogP contribution < -0.4 is 5.73 Å². The Kier molecular flexibility index (Phi) is 3.21. The van der Waals surface area contributed by atoms with Crippen molar-refractivity contribution in [3.63, 3.8) is 0 Å². The van der Waals surface area contributed by atoms with E-state index in [-0.39, 0.29) is 12.0 Å². The Labute approximate surface area is 91.1 Å². The van der Waals surface area contributed by atoms with Crippen molar-refractivity contribution in [2.45, 2.75) is 32.8 Å². The zero-order valence-electron chi connectivity index (χ0n) is 9.99. The van der Waals surface area contributed by atoms with E-state index >= 15 is 0 Å². The van der Waals surface area contributed by atoms with E-state index in [1.54, 1.807) is 4.68 Å². The van der Waals surface area contributed by atoms with Gasteiger partial charge < -0.3 is 10.8 Å². The Morgan fingerprint density at radius 1 is 1.47 bits per heavy atom. The summed E-state index contributed by atoms with van der Waals surface area (Å²) < 4.78 is 1.73. The first-order chi connectivity index (χ1) is 6.78. The van der Waals surface area contributed by atoms with Gasteiger partial charge in [-0.25, -0.2) is 0 Å². The molecule has 1 atom stereocenters. The van der Waals surface area contributed by atoms with Crippen LogP contribution in [0, 0.1) is 5.41 Å². The molecule has 3 N–H and O–H groups in total. The van der Waals surface area contributed by atoms with E-state index in [0.29, 0.717) is 6.42 Å². The van der Waals surface area contributed by atoms with E-state index in [1.165, 1.54) is 0 Å². The Morgan fingerprint density at radius 2 is 2.07 bits per heavy atom. The van der Waals surface area contributed by atoms with Gasteiger partial charge in [-0.15, -0.1) is 0 Å². The maximum atomic E-state index is 10.4. The molecule has 0 spiro atoms. The molecule has 1 unspecified atom stereocenters. The van der Waals surface area contributed by atoms with Crippen molar-refractivity contribution in [3.8, 4) is 0 Å². The van der Waals surface area contributed by atoms with Gasteiger partial charge in [0, 0.05) is 26.2 Å². The molecular weight excluding hydrogens is 190 g/mol. The minimum Gasteiger partial charge on any atom is -0.388 e. The first-order valence-electron chi connectivity index (χ1n) is 5.19. The summed E-state index contributed by atoms with van der Waals surface area (Å²) in [4.78, 5) is 0. The normalized spacial score (nSPS) is 16.4. The van der Waals surface area contributed by atoms with Crippen LogP contribution in [0.4, 0.5) is 0 Å². The molecule has 1 heterocycles. The first-order valence-corrected chi connectivity index (χ1v) is 5.19. The highest BCUT2D eigenvalue weighted by Crippen LogP contribution is 2.32. The van der Waals surface area contributed by atoms with E-state index in [1.807, 2.05) is 40.1 Å². The van der Waals surface area contributed by atoms with Crippen molar-refractivity contribution in [1.29, 1.82) is 0 Å². The minimum atomic E-state index is -0.901. The summed E-state index contributed by atoms with van der Waals surface area (Å²) in [5.41, 5.74) is 5.39. The molecule has 0 amide bonds. The lowest BCUT2D eigenvalue weighted by atomic mass is 9.74. The van der Waals surface area contributed by atoms with E-state index < -0.39 is 5.60 Å². The zero-order valence-corrected chi connectivity index (χ0v) is 9.99. The Hall–Kier alpha value is -0.870. The summed E-state index contributed by atoms with van der Waals surface area (Å²) in [6, 6.07) is 1.91. The van der Waals surface area contributed by atoms with Crippen molar-refractivity contribution in [1.82, 2.24) is 9.78 Å². The van der Waals surface area contributed by atoms with Gasteiger partial charge in [-0.3, -0.25) is 4.68 Å². The van der Waals surface area contributed by atoms with Crippen LogP contribution >= 0.6 is 0 Å². The van der Waals surface area contributed by atoms with Gasteiger partial charge in [0.15, 0.2) is 0 Å². The van der Waals surface area contributed by atoms with E-state index in [2.05, 4.69) is 5.10 Å². The lowest BCUT2D eigenvalue weighted by molar-refractivity contribution is -0.0498. The molecule has 0 aromatic carbocycles. The molecule has 86 valence electrons. The standard InChI is InChI=1S/C11H21N3O/c1-10(2,3)11(15,8-12)7-9-5-6-14(4)13-9/h5-6,15H,7-8,12H2,1-4H3. The highest BCUT2D eigenvalue weighted by atomic mass is 16.3. The van der Waals surface area contributed by atoms with Crippen molar-refractivity contribution >= 4 is 0 Å². The molecule has 0 saturated heterocycles. The first kappa shape index (κ1) is 12.2. The van der Waals surface area contributed by atoms with Gasteiger partial charge in [-0.1, -0.05) is 20.8 Å². The second-order valence-corrected chi connectivity index (χ2v) is 5.14. The molecule has 1 aromatic rings. The topological polar surface area (TPSA) is 64.1 Å². The summed E-state index contributed by atoms with van der Waals surface area (Å²) in [6.45, 7) is 6.21. The summed E-state index contributed by atoms with van der Waals surface area (Å²) in [7, 11) is 1.86. The van der Waals surface area contributed by atoms with Gasteiger partial charge >= 0.3 is 0 Å². The zero-order chi connectivity index (χ0) is 11.7. The van der Waals surface area contributed by atoms with E-state index in [4.69, 9.17) is 5.73 Å². The van der Waals surface area contributed by atoms with Crippen LogP contribution in [-0.4, -0.2) is 27.0 Å². The highest BCUT2D eigenvalue weighted by molar-refractivity contribution is 5.07. The second kappa shape index (κ2) is 3.94. The van der Waals surface area contributed by atoms with Crippen molar-refractivity contribution in [2.24, 2.45) is 18.2 Å². The highest BCUT2D eigenvalue weighted by Gasteiger charge is 2.39. The lowest BCUT2D eigenvalue weighted by Crippen LogP contribution is -2.51. The molecule has 0 aliphatic carbocycles. The number of nitrogens with two attached hydrogens (primary N) is 1. The van der Waals surface area contributed by atoms with Gasteiger partial charge in [0.05, 0.1) is 11.3 Å². The Morgan fingerprint density at radius 3 is 2.40 bits per heavy atom. The number of aliphatic hydroxyl groups is 1. The molecule has 4 heteroatoms. The van der Waals surface area contributed by atoms with Crippen LogP contribution in [0.1, 0.15) is 26.5 Å². The quantitative estimate of drug-likeness (QED) is 0.773. The van der Waals surface area contributed by atoms with Crippen LogP contribution in [-0.2, 0) is 13.5 Å². The van der Waals surface area contributed by atoms with Gasteiger partial charge in [0.2, 0.25) is 0 Å². The van der Waals surface area contributed by atoms with Crippen LogP contribution in [0.5, 0.6) is 0 Å². The fourth-order valence-electron chi connectivity index (χ4n) is 1.50. The smallest absolute Gasteiger partial charge is 0.0873 e. The van der Waals surface area contributed by atoms with Crippen molar-refractivity contribution < 1.29 is 5.11 Å². The Balaban J connectivity index is 2.86. The third-order valence-corrected chi connectivity index (χ3v) is 2.98. The van der Waals surface area contributed by atoms with E-state index in [0.717, 1.165) is 5.69 Å². The summed E-state index contributed by atoms with van der Waals surface area (Å²) in [6.07, 6.45) is 2.36. The maximum Gasteiger partial charge on any atom is 0.0873 e. The molecule has 0 saturated carbocycles. The molecule has 4 nitrogen and oxygen atoms in total. The molecule has 15 heavy (non-hydrogen) atoms. The van der Waals surface area contributed by atoms with Crippen LogP contribution in [0.2, 0.25) is 0 Å². The van der Waals surface area contributed by atoms with Crippen LogP contribution in [0.15, 0.2) is 12.3 Å². The third kappa shape index (κ3) is 2.58. The molecule has 0 aliphatic rings. The fraction of sp³-hybridized carbons (Fsp3) is 0.727. The number of aryl methyl sites for hydroxylation is 1. The SMILES string of the molecule is Cn1ccc(CC(O)(CN)C(C)(C)C)n1. The summed E-state index contributed by atoms with van der Waals surface area (Å²) in [5.74, 6) is 0. The largest absolute Gasteiger partial charge is 0.388 e. The van der Waals surface area contributed by atoms with Crippen LogP contribution in [0.25, 0.3) is 0 Å². The summed E-state index contributed by atoms with van der Waals surface area (Å²) >= 11 is 0. The molecule has 0 radical (unpaired) electrons. The minimum absolute atomic E-state index is 0.243. The van der Waals surface area contributed by atoms with Gasteiger partial charge in [-0.05, 0) is 11.5 Å². The predicted octanol–water partition coefficient (Wildman–Crippen LogP) is 0.698. The van der Waals surface area contributed by atoms with Crippen LogP contribution in [0.3, 0.4) is 0 Å². The summed E-state index contributed by atoms with van der Waals surface area (Å²) in [5, 5.41) is 14.7. The van der Waals surface area contributed by atoms with E-state index in [9.17, 15) is 5.11 Å². The predicted molar refractivity (Wildman–Crippen MR) is 60.4 cm³/mol. The average molecular weight is 211 g/mol. The Bertz CT molecular complexity index is 327. The molecule has 0 aliphatic heterocycles. The fourth-order valence-corrected chi connectivity index (χ4v) is 1.50. The second-order valence-electron chi connectivity index (χ2n) is 5.14. The average Bonchev–Trinajstić information content (AvgIpc) is 2.49. The molecule has 1 aromatic heterocycles. The molecular formula is C11H21N3O. The van der Waals surface area contributed by atoms with Crippen molar-refractivity contribution in [3.05, 3.63) is 18.0 Å². The van der Waals surface area contributed by atoms with Gasteiger partial charge in [-0.2, -0.15) is 5.10 Å². The van der Waals surface area contributed by atoms with Gasteiger partial charge in [0.1, 0.15) is 0 Å². The monoisotopic (exact) mass is 211 g/mol. The molecule has 1 rings (SSSR count). The number of nitrogens with zero attached hydrogens (tertiary/aromatic N) is 2. The maximum absolute atomic E-state index is 10.4. The molecule has 0 bridgehead atoms. The van der Waals surface area contributed by atoms with Gasteiger partial charge in [0.25, 0.3) is 0 Å². The number of hydrogen-bond donors (Lipinski definition) is 2.